The molecule has 0 N–H and O–H groups in total. The van der Waals surface area contributed by atoms with Crippen LogP contribution in [0.4, 0.5) is 0 Å². The first-order chi connectivity index (χ1) is 11.2. The zero-order chi connectivity index (χ0) is 16.5. The summed E-state index contributed by atoms with van der Waals surface area (Å²) >= 11 is 0. The summed E-state index contributed by atoms with van der Waals surface area (Å²) in [6.45, 7) is 2.08. The summed E-state index contributed by atoms with van der Waals surface area (Å²) in [6, 6.07) is 28.5. The summed E-state index contributed by atoms with van der Waals surface area (Å²) in [5, 5.41) is 1.16. The number of hydrogen-bond acceptors (Lipinski definition) is 2. The predicted molar refractivity (Wildman–Crippen MR) is 97.7 cm³/mol. The summed E-state index contributed by atoms with van der Waals surface area (Å²) in [7, 11) is -3.09. The van der Waals surface area contributed by atoms with Gasteiger partial charge in [0, 0.05) is 10.6 Å². The van der Waals surface area contributed by atoms with Gasteiger partial charge >= 0.3 is 0 Å². The van der Waals surface area contributed by atoms with Crippen LogP contribution in [0.25, 0.3) is 0 Å². The molecule has 0 saturated heterocycles. The molecule has 3 aromatic rings. The maximum absolute atomic E-state index is 12.6. The lowest BCUT2D eigenvalue weighted by molar-refractivity contribution is 0.557. The maximum atomic E-state index is 12.6. The molecule has 0 unspecified atom stereocenters. The van der Waals surface area contributed by atoms with Crippen LogP contribution in [-0.4, -0.2) is 6.03 Å². The summed E-state index contributed by atoms with van der Waals surface area (Å²) in [5.74, 6) is 0. The van der Waals surface area contributed by atoms with Crippen LogP contribution < -0.4 is 10.6 Å². The molecule has 0 amide bonds. The Balaban J connectivity index is 0.000000229. The van der Waals surface area contributed by atoms with Crippen molar-refractivity contribution in [2.24, 2.45) is 0 Å². The molecule has 0 fully saturated rings. The molecule has 116 valence electrons. The van der Waals surface area contributed by atoms with Crippen LogP contribution in [0.15, 0.2) is 91.0 Å². The fraction of sp³-hybridized carbons (Fsp3) is 0.0500. The zero-order valence-corrected chi connectivity index (χ0v) is 13.9. The number of aryl methyl sites for hydroxylation is 1. The Kier molecular flexibility index (Phi) is 6.08. The van der Waals surface area contributed by atoms with Crippen molar-refractivity contribution in [1.29, 1.82) is 0 Å². The topological polar surface area (TPSA) is 34.1 Å². The minimum atomic E-state index is -3.09. The maximum Gasteiger partial charge on any atom is 0.201 e. The smallest absolute Gasteiger partial charge is 0.201 e. The SMILES string of the molecule is Cc1ccccc1.O=CP(=O)(c1ccccc1)c1ccccc1. The molecule has 0 aliphatic rings. The largest absolute Gasteiger partial charge is 0.306 e. The fourth-order valence-corrected chi connectivity index (χ4v) is 3.88. The Labute approximate surface area is 137 Å². The Morgan fingerprint density at radius 1 is 0.652 bits per heavy atom. The van der Waals surface area contributed by atoms with Gasteiger partial charge in [0.2, 0.25) is 7.14 Å². The van der Waals surface area contributed by atoms with Gasteiger partial charge in [-0.25, -0.2) is 0 Å². The number of rotatable bonds is 3. The summed E-state index contributed by atoms with van der Waals surface area (Å²) in [6.07, 6.45) is 0. The van der Waals surface area contributed by atoms with E-state index in [2.05, 4.69) is 19.1 Å². The molecule has 0 saturated carbocycles. The monoisotopic (exact) mass is 322 g/mol. The molecule has 23 heavy (non-hydrogen) atoms. The first-order valence-corrected chi connectivity index (χ1v) is 9.13. The van der Waals surface area contributed by atoms with Crippen LogP contribution in [0.2, 0.25) is 0 Å². The second-order valence-electron chi connectivity index (χ2n) is 5.09. The molecule has 0 bridgehead atoms. The first kappa shape index (κ1) is 16.9. The summed E-state index contributed by atoms with van der Waals surface area (Å²) in [5.41, 5.74) is 1.32. The Hall–Kier alpha value is -2.44. The van der Waals surface area contributed by atoms with Gasteiger partial charge in [-0.3, -0.25) is 4.79 Å². The minimum absolute atomic E-state index is 0.567. The molecule has 3 rings (SSSR count). The van der Waals surface area contributed by atoms with Crippen molar-refractivity contribution >= 4 is 23.8 Å². The standard InChI is InChI=1S/C13H11O2P.C7H8/c14-11-16(15,12-7-3-1-4-8-12)13-9-5-2-6-10-13;1-7-5-3-2-4-6-7/h1-11H;2-6H,1H3. The van der Waals surface area contributed by atoms with E-state index in [9.17, 15) is 9.36 Å². The lowest BCUT2D eigenvalue weighted by Gasteiger charge is -2.11. The molecule has 3 heteroatoms. The Morgan fingerprint density at radius 3 is 1.26 bits per heavy atom. The van der Waals surface area contributed by atoms with Crippen molar-refractivity contribution in [3.8, 4) is 0 Å². The highest BCUT2D eigenvalue weighted by atomic mass is 31.2. The normalized spacial score (nSPS) is 10.3. The van der Waals surface area contributed by atoms with E-state index in [4.69, 9.17) is 0 Å². The number of carbonyl (C=O) groups excluding carboxylic acids is 1. The third-order valence-electron chi connectivity index (χ3n) is 3.37. The van der Waals surface area contributed by atoms with Gasteiger partial charge in [0.25, 0.3) is 0 Å². The van der Waals surface area contributed by atoms with Crippen molar-refractivity contribution in [2.75, 3.05) is 0 Å². The highest BCUT2D eigenvalue weighted by Crippen LogP contribution is 2.39. The molecule has 0 aromatic heterocycles. The van der Waals surface area contributed by atoms with E-state index in [0.717, 1.165) is 0 Å². The van der Waals surface area contributed by atoms with Crippen molar-refractivity contribution < 1.29 is 9.36 Å². The van der Waals surface area contributed by atoms with E-state index in [1.807, 2.05) is 30.3 Å². The molecule has 0 spiro atoms. The van der Waals surface area contributed by atoms with Gasteiger partial charge in [-0.1, -0.05) is 96.6 Å². The number of carbonyl (C=O) groups is 1. The molecule has 0 radical (unpaired) electrons. The van der Waals surface area contributed by atoms with Gasteiger partial charge in [-0.2, -0.15) is 0 Å². The lowest BCUT2D eigenvalue weighted by Crippen LogP contribution is -2.16. The Morgan fingerprint density at radius 2 is 1.00 bits per heavy atom. The molecule has 2 nitrogen and oxygen atoms in total. The average Bonchev–Trinajstić information content (AvgIpc) is 2.64. The highest BCUT2D eigenvalue weighted by molar-refractivity contribution is 7.91. The fourth-order valence-electron chi connectivity index (χ4n) is 2.10. The van der Waals surface area contributed by atoms with E-state index in [-0.39, 0.29) is 0 Å². The van der Waals surface area contributed by atoms with Crippen molar-refractivity contribution in [3.05, 3.63) is 96.6 Å². The lowest BCUT2D eigenvalue weighted by atomic mass is 10.2. The quantitative estimate of drug-likeness (QED) is 0.535. The van der Waals surface area contributed by atoms with Gasteiger partial charge in [0.1, 0.15) is 0 Å². The van der Waals surface area contributed by atoms with Crippen molar-refractivity contribution in [2.45, 2.75) is 6.92 Å². The van der Waals surface area contributed by atoms with Gasteiger partial charge in [0.15, 0.2) is 6.03 Å². The van der Waals surface area contributed by atoms with Gasteiger partial charge in [-0.05, 0) is 6.92 Å². The van der Waals surface area contributed by atoms with E-state index in [1.165, 1.54) is 5.56 Å². The average molecular weight is 322 g/mol. The number of benzene rings is 3. The second-order valence-corrected chi connectivity index (χ2v) is 7.65. The molecular weight excluding hydrogens is 303 g/mol. The minimum Gasteiger partial charge on any atom is -0.306 e. The van der Waals surface area contributed by atoms with Crippen LogP contribution in [0.1, 0.15) is 5.56 Å². The van der Waals surface area contributed by atoms with Gasteiger partial charge < -0.3 is 4.57 Å². The van der Waals surface area contributed by atoms with Crippen LogP contribution in [0.3, 0.4) is 0 Å². The molecular formula is C20H19O2P. The van der Waals surface area contributed by atoms with Crippen molar-refractivity contribution in [3.63, 3.8) is 0 Å². The first-order valence-electron chi connectivity index (χ1n) is 7.36. The summed E-state index contributed by atoms with van der Waals surface area (Å²) in [4.78, 5) is 11.2. The molecule has 0 aliphatic carbocycles. The summed E-state index contributed by atoms with van der Waals surface area (Å²) < 4.78 is 12.6. The zero-order valence-electron chi connectivity index (χ0n) is 13.0. The van der Waals surface area contributed by atoms with E-state index < -0.39 is 7.14 Å². The third kappa shape index (κ3) is 4.51. The predicted octanol–water partition coefficient (Wildman–Crippen LogP) is 4.19. The van der Waals surface area contributed by atoms with Gasteiger partial charge in [0.05, 0.1) is 0 Å². The molecule has 3 aromatic carbocycles. The number of hydrogen-bond donors (Lipinski definition) is 0. The van der Waals surface area contributed by atoms with Crippen molar-refractivity contribution in [1.82, 2.24) is 0 Å². The van der Waals surface area contributed by atoms with E-state index in [0.29, 0.717) is 16.6 Å². The van der Waals surface area contributed by atoms with Crippen LogP contribution in [-0.2, 0) is 9.36 Å². The van der Waals surface area contributed by atoms with E-state index in [1.54, 1.807) is 48.5 Å². The van der Waals surface area contributed by atoms with E-state index >= 15 is 0 Å². The third-order valence-corrected chi connectivity index (χ3v) is 5.80. The molecule has 0 aliphatic heterocycles. The molecule has 0 heterocycles. The highest BCUT2D eigenvalue weighted by Gasteiger charge is 2.25. The second kappa shape index (κ2) is 8.26. The van der Waals surface area contributed by atoms with Crippen LogP contribution in [0.5, 0.6) is 0 Å². The molecule has 0 atom stereocenters. The Bertz CT molecular complexity index is 725. The van der Waals surface area contributed by atoms with Gasteiger partial charge in [-0.15, -0.1) is 0 Å². The van der Waals surface area contributed by atoms with Crippen LogP contribution in [0, 0.1) is 6.92 Å². The van der Waals surface area contributed by atoms with Crippen LogP contribution >= 0.6 is 7.14 Å².